The number of aromatic nitrogens is 1. The first-order valence-electron chi connectivity index (χ1n) is 6.25. The average molecular weight is 350 g/mol. The standard InChI is InChI=1S/C13H13F3N2O2S2/c1-8(2)12-17-11(7-21-12)9-4-3-5-10(6-9)18-22(19,20)13(14,15)16/h3-8,18H,1-2H3. The quantitative estimate of drug-likeness (QED) is 0.899. The fourth-order valence-electron chi connectivity index (χ4n) is 1.64. The van der Waals surface area contributed by atoms with Gasteiger partial charge in [0.1, 0.15) is 0 Å². The molecule has 9 heteroatoms. The number of hydrogen-bond acceptors (Lipinski definition) is 4. The van der Waals surface area contributed by atoms with Gasteiger partial charge in [-0.15, -0.1) is 11.3 Å². The molecule has 2 rings (SSSR count). The molecule has 0 aliphatic heterocycles. The second-order valence-electron chi connectivity index (χ2n) is 4.86. The number of anilines is 1. The maximum Gasteiger partial charge on any atom is 0.516 e. The Morgan fingerprint density at radius 1 is 1.27 bits per heavy atom. The molecule has 2 aromatic rings. The van der Waals surface area contributed by atoms with Crippen molar-refractivity contribution in [2.24, 2.45) is 0 Å². The van der Waals surface area contributed by atoms with Crippen molar-refractivity contribution in [3.8, 4) is 11.3 Å². The van der Waals surface area contributed by atoms with Crippen LogP contribution in [0.4, 0.5) is 18.9 Å². The summed E-state index contributed by atoms with van der Waals surface area (Å²) in [6, 6.07) is 5.70. The van der Waals surface area contributed by atoms with Crippen LogP contribution in [-0.2, 0) is 10.0 Å². The molecule has 0 bridgehead atoms. The normalized spacial score (nSPS) is 12.6. The van der Waals surface area contributed by atoms with E-state index in [4.69, 9.17) is 0 Å². The van der Waals surface area contributed by atoms with Crippen LogP contribution in [0.25, 0.3) is 11.3 Å². The van der Waals surface area contributed by atoms with Crippen molar-refractivity contribution in [3.05, 3.63) is 34.7 Å². The second-order valence-corrected chi connectivity index (χ2v) is 7.42. The zero-order chi connectivity index (χ0) is 16.5. The van der Waals surface area contributed by atoms with Gasteiger partial charge in [0.05, 0.1) is 10.7 Å². The summed E-state index contributed by atoms with van der Waals surface area (Å²) in [4.78, 5) is 4.39. The Bertz CT molecular complexity index is 768. The Labute approximate surface area is 130 Å². The lowest BCUT2D eigenvalue weighted by molar-refractivity contribution is -0.0429. The van der Waals surface area contributed by atoms with Crippen molar-refractivity contribution in [1.29, 1.82) is 0 Å². The smallest absolute Gasteiger partial charge is 0.276 e. The Morgan fingerprint density at radius 3 is 2.50 bits per heavy atom. The largest absolute Gasteiger partial charge is 0.516 e. The number of alkyl halides is 3. The third-order valence-corrected chi connectivity index (χ3v) is 4.99. The molecule has 0 aliphatic rings. The first kappa shape index (κ1) is 16.8. The van der Waals surface area contributed by atoms with Gasteiger partial charge in [-0.3, -0.25) is 4.72 Å². The highest BCUT2D eigenvalue weighted by molar-refractivity contribution is 7.93. The summed E-state index contributed by atoms with van der Waals surface area (Å²) >= 11 is 1.45. The molecule has 0 aliphatic carbocycles. The number of rotatable bonds is 4. The van der Waals surface area contributed by atoms with E-state index in [1.807, 2.05) is 13.8 Å². The van der Waals surface area contributed by atoms with Crippen LogP contribution in [0, 0.1) is 0 Å². The average Bonchev–Trinajstić information content (AvgIpc) is 2.86. The topological polar surface area (TPSA) is 59.1 Å². The van der Waals surface area contributed by atoms with Gasteiger partial charge in [-0.25, -0.2) is 4.98 Å². The zero-order valence-electron chi connectivity index (χ0n) is 11.7. The molecule has 0 fully saturated rings. The van der Waals surface area contributed by atoms with Crippen molar-refractivity contribution in [1.82, 2.24) is 4.98 Å². The minimum absolute atomic E-state index is 0.158. The maximum atomic E-state index is 12.4. The molecule has 4 nitrogen and oxygen atoms in total. The Balaban J connectivity index is 2.31. The number of nitrogens with one attached hydrogen (secondary N) is 1. The van der Waals surface area contributed by atoms with Gasteiger partial charge >= 0.3 is 15.5 Å². The van der Waals surface area contributed by atoms with Crippen LogP contribution in [0.3, 0.4) is 0 Å². The van der Waals surface area contributed by atoms with E-state index in [0.29, 0.717) is 11.3 Å². The molecule has 0 atom stereocenters. The number of sulfonamides is 1. The zero-order valence-corrected chi connectivity index (χ0v) is 13.3. The molecule has 120 valence electrons. The lowest BCUT2D eigenvalue weighted by atomic mass is 10.1. The molecular formula is C13H13F3N2O2S2. The summed E-state index contributed by atoms with van der Waals surface area (Å²) in [5.41, 5.74) is -4.37. The van der Waals surface area contributed by atoms with Crippen molar-refractivity contribution >= 4 is 27.0 Å². The molecular weight excluding hydrogens is 337 g/mol. The van der Waals surface area contributed by atoms with Crippen LogP contribution in [0.1, 0.15) is 24.8 Å². The molecule has 0 saturated carbocycles. The second kappa shape index (κ2) is 5.88. The molecule has 1 heterocycles. The molecule has 0 radical (unpaired) electrons. The predicted octanol–water partition coefficient (Wildman–Crippen LogP) is 4.20. The van der Waals surface area contributed by atoms with Crippen LogP contribution in [0.5, 0.6) is 0 Å². The molecule has 0 unspecified atom stereocenters. The lowest BCUT2D eigenvalue weighted by Crippen LogP contribution is -2.29. The van der Waals surface area contributed by atoms with Gasteiger partial charge < -0.3 is 0 Å². The van der Waals surface area contributed by atoms with Crippen LogP contribution < -0.4 is 4.72 Å². The highest BCUT2D eigenvalue weighted by Crippen LogP contribution is 2.30. The molecule has 0 saturated heterocycles. The molecule has 0 spiro atoms. The summed E-state index contributed by atoms with van der Waals surface area (Å²) in [7, 11) is -5.43. The number of thiazole rings is 1. The third kappa shape index (κ3) is 3.58. The van der Waals surface area contributed by atoms with Crippen LogP contribution in [0.15, 0.2) is 29.6 Å². The van der Waals surface area contributed by atoms with Gasteiger partial charge in [-0.1, -0.05) is 26.0 Å². The first-order valence-corrected chi connectivity index (χ1v) is 8.61. The summed E-state index contributed by atoms with van der Waals surface area (Å²) in [6.45, 7) is 3.97. The number of benzene rings is 1. The summed E-state index contributed by atoms with van der Waals surface area (Å²) in [6.07, 6.45) is 0. The van der Waals surface area contributed by atoms with E-state index in [2.05, 4.69) is 4.98 Å². The van der Waals surface area contributed by atoms with E-state index in [0.717, 1.165) is 5.01 Å². The first-order chi connectivity index (χ1) is 10.1. The van der Waals surface area contributed by atoms with Crippen molar-refractivity contribution in [2.45, 2.75) is 25.3 Å². The molecule has 1 aromatic heterocycles. The van der Waals surface area contributed by atoms with Gasteiger partial charge in [0.25, 0.3) is 0 Å². The molecule has 0 amide bonds. The predicted molar refractivity (Wildman–Crippen MR) is 80.2 cm³/mol. The SMILES string of the molecule is CC(C)c1nc(-c2cccc(NS(=O)(=O)C(F)(F)F)c2)cs1. The van der Waals surface area contributed by atoms with Gasteiger partial charge in [-0.2, -0.15) is 21.6 Å². The van der Waals surface area contributed by atoms with Crippen molar-refractivity contribution in [3.63, 3.8) is 0 Å². The fourth-order valence-corrected chi connectivity index (χ4v) is 3.04. The Morgan fingerprint density at radius 2 is 1.95 bits per heavy atom. The van der Waals surface area contributed by atoms with Crippen LogP contribution in [-0.4, -0.2) is 18.9 Å². The van der Waals surface area contributed by atoms with Crippen molar-refractivity contribution < 1.29 is 21.6 Å². The molecule has 1 N–H and O–H groups in total. The Hall–Kier alpha value is -1.61. The maximum absolute atomic E-state index is 12.4. The number of halogens is 3. The monoisotopic (exact) mass is 350 g/mol. The van der Waals surface area contributed by atoms with E-state index < -0.39 is 15.5 Å². The van der Waals surface area contributed by atoms with Crippen LogP contribution in [0.2, 0.25) is 0 Å². The third-order valence-electron chi connectivity index (χ3n) is 2.73. The molecule has 1 aromatic carbocycles. The van der Waals surface area contributed by atoms with E-state index >= 15 is 0 Å². The van der Waals surface area contributed by atoms with E-state index in [-0.39, 0.29) is 11.6 Å². The summed E-state index contributed by atoms with van der Waals surface area (Å²) in [5.74, 6) is 0.241. The molecule has 22 heavy (non-hydrogen) atoms. The van der Waals surface area contributed by atoms with Crippen molar-refractivity contribution in [2.75, 3.05) is 4.72 Å². The van der Waals surface area contributed by atoms with Gasteiger partial charge in [0, 0.05) is 22.5 Å². The van der Waals surface area contributed by atoms with Gasteiger partial charge in [-0.05, 0) is 12.1 Å². The summed E-state index contributed by atoms with van der Waals surface area (Å²) in [5, 5.41) is 2.68. The highest BCUT2D eigenvalue weighted by atomic mass is 32.2. The lowest BCUT2D eigenvalue weighted by Gasteiger charge is -2.11. The number of hydrogen-bond donors (Lipinski definition) is 1. The van der Waals surface area contributed by atoms with E-state index in [1.54, 1.807) is 11.4 Å². The van der Waals surface area contributed by atoms with E-state index in [1.165, 1.54) is 34.3 Å². The Kier molecular flexibility index (Phi) is 4.48. The van der Waals surface area contributed by atoms with Gasteiger partial charge in [0.2, 0.25) is 0 Å². The summed E-state index contributed by atoms with van der Waals surface area (Å²) < 4.78 is 60.9. The highest BCUT2D eigenvalue weighted by Gasteiger charge is 2.46. The minimum Gasteiger partial charge on any atom is -0.276 e. The van der Waals surface area contributed by atoms with E-state index in [9.17, 15) is 21.6 Å². The van der Waals surface area contributed by atoms with Crippen LogP contribution >= 0.6 is 11.3 Å². The number of nitrogens with zero attached hydrogens (tertiary/aromatic N) is 1. The minimum atomic E-state index is -5.43. The fraction of sp³-hybridized carbons (Fsp3) is 0.308. The van der Waals surface area contributed by atoms with Gasteiger partial charge in [0.15, 0.2) is 0 Å².